The lowest BCUT2D eigenvalue weighted by atomic mass is 10.1. The molecule has 4 aromatic rings. The second-order valence-corrected chi connectivity index (χ2v) is 6.74. The van der Waals surface area contributed by atoms with Crippen LogP contribution in [0.1, 0.15) is 27.1 Å². The van der Waals surface area contributed by atoms with Crippen molar-refractivity contribution in [1.29, 1.82) is 0 Å². The number of aryl methyl sites for hydroxylation is 1. The van der Waals surface area contributed by atoms with Crippen molar-refractivity contribution in [2.24, 2.45) is 0 Å². The largest absolute Gasteiger partial charge is 0.493 e. The van der Waals surface area contributed by atoms with E-state index >= 15 is 0 Å². The van der Waals surface area contributed by atoms with E-state index in [4.69, 9.17) is 14.9 Å². The number of ether oxygens (including phenoxy) is 1. The number of carbonyl (C=O) groups is 2. The molecule has 0 aliphatic carbocycles. The molecule has 0 atom stereocenters. The third-order valence-electron chi connectivity index (χ3n) is 4.88. The molecule has 0 bridgehead atoms. The molecular formula is C23H19NO5. The molecule has 0 saturated carbocycles. The lowest BCUT2D eigenvalue weighted by Crippen LogP contribution is -2.07. The van der Waals surface area contributed by atoms with E-state index in [1.54, 1.807) is 0 Å². The van der Waals surface area contributed by atoms with Crippen LogP contribution in [0.3, 0.4) is 0 Å². The van der Waals surface area contributed by atoms with Crippen LogP contribution in [0.2, 0.25) is 0 Å². The molecule has 3 aromatic carbocycles. The fourth-order valence-electron chi connectivity index (χ4n) is 3.59. The van der Waals surface area contributed by atoms with Gasteiger partial charge in [0, 0.05) is 28.4 Å². The van der Waals surface area contributed by atoms with Crippen LogP contribution in [0, 0.1) is 0 Å². The molecule has 0 radical (unpaired) electrons. The molecule has 4 rings (SSSR count). The van der Waals surface area contributed by atoms with E-state index in [0.717, 1.165) is 23.6 Å². The molecule has 0 aliphatic rings. The van der Waals surface area contributed by atoms with Gasteiger partial charge in [0.2, 0.25) is 0 Å². The number of hydrogen-bond acceptors (Lipinski definition) is 3. The van der Waals surface area contributed by atoms with Crippen molar-refractivity contribution < 1.29 is 24.5 Å². The lowest BCUT2D eigenvalue weighted by Gasteiger charge is -2.10. The Labute approximate surface area is 166 Å². The van der Waals surface area contributed by atoms with Gasteiger partial charge in [-0.3, -0.25) is 0 Å². The van der Waals surface area contributed by atoms with E-state index in [1.807, 2.05) is 24.3 Å². The number of aromatic carboxylic acids is 2. The van der Waals surface area contributed by atoms with Crippen LogP contribution >= 0.6 is 0 Å². The average molecular weight is 389 g/mol. The Kier molecular flexibility index (Phi) is 4.91. The fraction of sp³-hybridized carbons (Fsp3) is 0.130. The first kappa shape index (κ1) is 18.6. The number of para-hydroxylation sites is 2. The van der Waals surface area contributed by atoms with Gasteiger partial charge in [-0.2, -0.15) is 0 Å². The number of fused-ring (bicyclic) bond motifs is 3. The zero-order valence-electron chi connectivity index (χ0n) is 15.5. The van der Waals surface area contributed by atoms with Crippen molar-refractivity contribution in [3.63, 3.8) is 0 Å². The summed E-state index contributed by atoms with van der Waals surface area (Å²) in [6, 6.07) is 20.3. The summed E-state index contributed by atoms with van der Waals surface area (Å²) in [4.78, 5) is 22.4. The number of carboxylic acid groups (broad SMARTS) is 2. The second-order valence-electron chi connectivity index (χ2n) is 6.74. The topological polar surface area (TPSA) is 88.8 Å². The number of carboxylic acids is 2. The first-order chi connectivity index (χ1) is 14.0. The van der Waals surface area contributed by atoms with Gasteiger partial charge in [0.05, 0.1) is 17.7 Å². The van der Waals surface area contributed by atoms with Crippen LogP contribution in [0.4, 0.5) is 0 Å². The molecule has 2 N–H and O–H groups in total. The Morgan fingerprint density at radius 2 is 1.31 bits per heavy atom. The maximum absolute atomic E-state index is 11.2. The Bertz CT molecular complexity index is 1140. The molecule has 29 heavy (non-hydrogen) atoms. The number of hydrogen-bond donors (Lipinski definition) is 2. The molecule has 0 unspecified atom stereocenters. The van der Waals surface area contributed by atoms with Gasteiger partial charge in [0.1, 0.15) is 5.75 Å². The summed E-state index contributed by atoms with van der Waals surface area (Å²) < 4.78 is 7.91. The fourth-order valence-corrected chi connectivity index (χ4v) is 3.59. The summed E-state index contributed by atoms with van der Waals surface area (Å²) in [5, 5.41) is 20.7. The minimum absolute atomic E-state index is 0.109. The molecule has 146 valence electrons. The summed E-state index contributed by atoms with van der Waals surface area (Å²) >= 11 is 0. The average Bonchev–Trinajstić information content (AvgIpc) is 3.05. The van der Waals surface area contributed by atoms with Gasteiger partial charge in [-0.1, -0.05) is 36.4 Å². The van der Waals surface area contributed by atoms with E-state index in [1.165, 1.54) is 22.9 Å². The zero-order valence-corrected chi connectivity index (χ0v) is 15.5. The number of nitrogens with zero attached hydrogens (tertiary/aromatic N) is 1. The number of benzene rings is 3. The summed E-state index contributed by atoms with van der Waals surface area (Å²) in [5.74, 6) is -2.14. The van der Waals surface area contributed by atoms with Gasteiger partial charge < -0.3 is 19.5 Å². The minimum atomic E-state index is -1.19. The van der Waals surface area contributed by atoms with Gasteiger partial charge >= 0.3 is 11.9 Å². The Hall–Kier alpha value is -3.80. The maximum atomic E-state index is 11.2. The third kappa shape index (κ3) is 3.65. The Morgan fingerprint density at radius 3 is 1.83 bits per heavy atom. The molecule has 0 spiro atoms. The highest BCUT2D eigenvalue weighted by Gasteiger charge is 2.13. The molecule has 0 saturated heterocycles. The van der Waals surface area contributed by atoms with Crippen molar-refractivity contribution in [2.75, 3.05) is 6.61 Å². The highest BCUT2D eigenvalue weighted by molar-refractivity contribution is 6.07. The van der Waals surface area contributed by atoms with E-state index in [9.17, 15) is 9.59 Å². The van der Waals surface area contributed by atoms with E-state index < -0.39 is 11.9 Å². The first-order valence-corrected chi connectivity index (χ1v) is 9.25. The van der Waals surface area contributed by atoms with Gasteiger partial charge in [0.25, 0.3) is 0 Å². The molecule has 0 aliphatic heterocycles. The quantitative estimate of drug-likeness (QED) is 0.449. The smallest absolute Gasteiger partial charge is 0.335 e. The molecular weight excluding hydrogens is 370 g/mol. The summed E-state index contributed by atoms with van der Waals surface area (Å²) in [7, 11) is 0. The van der Waals surface area contributed by atoms with Crippen LogP contribution < -0.4 is 4.74 Å². The van der Waals surface area contributed by atoms with Crippen LogP contribution in [0.15, 0.2) is 66.7 Å². The molecule has 6 heteroatoms. The van der Waals surface area contributed by atoms with Gasteiger partial charge in [-0.15, -0.1) is 0 Å². The molecule has 1 heterocycles. The van der Waals surface area contributed by atoms with Crippen molar-refractivity contribution in [3.8, 4) is 5.75 Å². The van der Waals surface area contributed by atoms with Crippen LogP contribution in [-0.4, -0.2) is 33.3 Å². The van der Waals surface area contributed by atoms with Crippen molar-refractivity contribution in [2.45, 2.75) is 13.0 Å². The van der Waals surface area contributed by atoms with Crippen molar-refractivity contribution >= 4 is 33.7 Å². The maximum Gasteiger partial charge on any atom is 0.335 e. The van der Waals surface area contributed by atoms with Crippen LogP contribution in [0.5, 0.6) is 5.75 Å². The predicted molar refractivity (Wildman–Crippen MR) is 110 cm³/mol. The molecule has 6 nitrogen and oxygen atoms in total. The number of aromatic nitrogens is 1. The highest BCUT2D eigenvalue weighted by Crippen LogP contribution is 2.29. The van der Waals surface area contributed by atoms with Crippen LogP contribution in [0.25, 0.3) is 21.8 Å². The standard InChI is InChI=1S/C23H19NO5/c25-22(26)15-12-16(23(27)28)14-17(13-15)29-11-5-10-24-20-8-3-1-6-18(20)19-7-2-4-9-21(19)24/h1-4,6-9,12-14H,5,10-11H2,(H,25,26)(H,27,28). The zero-order chi connectivity index (χ0) is 20.4. The Balaban J connectivity index is 1.52. The molecule has 0 amide bonds. The lowest BCUT2D eigenvalue weighted by molar-refractivity contribution is 0.0696. The summed E-state index contributed by atoms with van der Waals surface area (Å²) in [6.07, 6.45) is 0.683. The summed E-state index contributed by atoms with van der Waals surface area (Å²) in [6.45, 7) is 1.06. The highest BCUT2D eigenvalue weighted by atomic mass is 16.5. The van der Waals surface area contributed by atoms with Gasteiger partial charge in [-0.05, 0) is 36.8 Å². The van der Waals surface area contributed by atoms with Crippen molar-refractivity contribution in [1.82, 2.24) is 4.57 Å². The van der Waals surface area contributed by atoms with Gasteiger partial charge in [-0.25, -0.2) is 9.59 Å². The van der Waals surface area contributed by atoms with Crippen LogP contribution in [-0.2, 0) is 6.54 Å². The molecule has 0 fully saturated rings. The minimum Gasteiger partial charge on any atom is -0.493 e. The second kappa shape index (κ2) is 7.67. The predicted octanol–water partition coefficient (Wildman–Crippen LogP) is 4.66. The summed E-state index contributed by atoms with van der Waals surface area (Å²) in [5.41, 5.74) is 2.08. The number of rotatable bonds is 7. The monoisotopic (exact) mass is 389 g/mol. The SMILES string of the molecule is O=C(O)c1cc(OCCCn2c3ccccc3c3ccccc32)cc(C(=O)O)c1. The van der Waals surface area contributed by atoms with E-state index in [0.29, 0.717) is 13.0 Å². The normalized spacial score (nSPS) is 11.0. The van der Waals surface area contributed by atoms with E-state index in [2.05, 4.69) is 28.8 Å². The third-order valence-corrected chi connectivity index (χ3v) is 4.88. The van der Waals surface area contributed by atoms with Gasteiger partial charge in [0.15, 0.2) is 0 Å². The first-order valence-electron chi connectivity index (χ1n) is 9.25. The Morgan fingerprint density at radius 1 is 0.793 bits per heavy atom. The molecule has 1 aromatic heterocycles. The van der Waals surface area contributed by atoms with E-state index in [-0.39, 0.29) is 16.9 Å². The van der Waals surface area contributed by atoms with Crippen molar-refractivity contribution in [3.05, 3.63) is 77.9 Å².